The van der Waals surface area contributed by atoms with Crippen LogP contribution in [0.2, 0.25) is 0 Å². The van der Waals surface area contributed by atoms with Gasteiger partial charge in [0.15, 0.2) is 11.7 Å². The highest BCUT2D eigenvalue weighted by atomic mass is 32.2. The van der Waals surface area contributed by atoms with Crippen molar-refractivity contribution in [2.24, 2.45) is 21.0 Å². The van der Waals surface area contributed by atoms with Crippen LogP contribution in [-0.2, 0) is 4.79 Å². The molecular weight excluding hydrogens is 384 g/mol. The maximum Gasteiger partial charge on any atom is 0.230 e. The molecule has 0 aromatic carbocycles. The summed E-state index contributed by atoms with van der Waals surface area (Å²) < 4.78 is 4.29. The Morgan fingerprint density at radius 3 is 3.15 bits per heavy atom. The second kappa shape index (κ2) is 7.69. The second-order valence-electron chi connectivity index (χ2n) is 6.29. The van der Waals surface area contributed by atoms with Gasteiger partial charge in [0.1, 0.15) is 5.00 Å². The Kier molecular flexibility index (Phi) is 5.12. The summed E-state index contributed by atoms with van der Waals surface area (Å²) in [6.45, 7) is 3.42. The van der Waals surface area contributed by atoms with Crippen LogP contribution in [0.5, 0.6) is 0 Å². The normalized spacial score (nSPS) is 25.0. The topological polar surface area (TPSA) is 106 Å². The van der Waals surface area contributed by atoms with Crippen molar-refractivity contribution in [3.63, 3.8) is 0 Å². The zero-order chi connectivity index (χ0) is 18.8. The summed E-state index contributed by atoms with van der Waals surface area (Å²) in [5.74, 6) is 2.09. The number of carbonyl (C=O) groups excluding carboxylic acids is 1. The van der Waals surface area contributed by atoms with E-state index in [2.05, 4.69) is 30.4 Å². The Morgan fingerprint density at radius 2 is 2.44 bits per heavy atom. The van der Waals surface area contributed by atoms with Crippen molar-refractivity contribution in [2.75, 3.05) is 25.9 Å². The number of hydrogen-bond acceptors (Lipinski definition) is 9. The van der Waals surface area contributed by atoms with Crippen LogP contribution in [0.15, 0.2) is 32.4 Å². The summed E-state index contributed by atoms with van der Waals surface area (Å²) in [5.41, 5.74) is 3.96. The predicted molar refractivity (Wildman–Crippen MR) is 110 cm³/mol. The maximum atomic E-state index is 11.6. The van der Waals surface area contributed by atoms with Gasteiger partial charge in [-0.05, 0) is 24.5 Å². The van der Waals surface area contributed by atoms with Crippen molar-refractivity contribution in [2.45, 2.75) is 13.0 Å². The van der Waals surface area contributed by atoms with E-state index in [0.29, 0.717) is 18.1 Å². The average Bonchev–Trinajstić information content (AvgIpc) is 3.40. The molecule has 11 heteroatoms. The Balaban J connectivity index is 1.61. The summed E-state index contributed by atoms with van der Waals surface area (Å²) >= 11 is 2.80. The van der Waals surface area contributed by atoms with Gasteiger partial charge in [-0.15, -0.1) is 0 Å². The van der Waals surface area contributed by atoms with E-state index in [4.69, 9.17) is 9.98 Å². The summed E-state index contributed by atoms with van der Waals surface area (Å²) in [6, 6.07) is 2.13. The minimum Gasteiger partial charge on any atom is -0.358 e. The number of aromatic nitrogens is 1. The molecule has 2 unspecified atom stereocenters. The fourth-order valence-corrected chi connectivity index (χ4v) is 4.44. The van der Waals surface area contributed by atoms with Crippen LogP contribution < -0.4 is 16.1 Å². The Morgan fingerprint density at radius 1 is 1.56 bits per heavy atom. The van der Waals surface area contributed by atoms with Crippen LogP contribution in [-0.4, -0.2) is 65.0 Å². The quantitative estimate of drug-likeness (QED) is 0.665. The van der Waals surface area contributed by atoms with Crippen molar-refractivity contribution < 1.29 is 4.79 Å². The molecule has 27 heavy (non-hydrogen) atoms. The molecule has 0 fully saturated rings. The van der Waals surface area contributed by atoms with Crippen LogP contribution in [0, 0.1) is 12.8 Å². The summed E-state index contributed by atoms with van der Waals surface area (Å²) in [6.07, 6.45) is 3.97. The lowest BCUT2D eigenvalue weighted by Gasteiger charge is -2.32. The molecule has 0 bridgehead atoms. The van der Waals surface area contributed by atoms with Gasteiger partial charge in [0, 0.05) is 31.9 Å². The van der Waals surface area contributed by atoms with Gasteiger partial charge in [-0.1, -0.05) is 11.8 Å². The molecule has 1 aromatic rings. The molecule has 1 aromatic heterocycles. The van der Waals surface area contributed by atoms with Gasteiger partial charge >= 0.3 is 0 Å². The second-order valence-corrected chi connectivity index (χ2v) is 8.09. The Bertz CT molecular complexity index is 858. The highest BCUT2D eigenvalue weighted by Gasteiger charge is 2.38. The molecular formula is C16H20N8OS2. The first-order valence-electron chi connectivity index (χ1n) is 8.57. The van der Waals surface area contributed by atoms with Crippen molar-refractivity contribution in [3.8, 4) is 0 Å². The minimum atomic E-state index is -0.0242. The first kappa shape index (κ1) is 18.0. The predicted octanol–water partition coefficient (Wildman–Crippen LogP) is 0.651. The van der Waals surface area contributed by atoms with Crippen LogP contribution in [0.4, 0.5) is 5.00 Å². The monoisotopic (exact) mass is 404 g/mol. The summed E-state index contributed by atoms with van der Waals surface area (Å²) in [4.78, 5) is 23.2. The zero-order valence-corrected chi connectivity index (χ0v) is 16.6. The fraction of sp³-hybridized carbons (Fsp3) is 0.438. The summed E-state index contributed by atoms with van der Waals surface area (Å²) in [7, 11) is 1.64. The van der Waals surface area contributed by atoms with E-state index in [-0.39, 0.29) is 17.9 Å². The van der Waals surface area contributed by atoms with Gasteiger partial charge in [0.2, 0.25) is 5.91 Å². The molecule has 3 N–H and O–H groups in total. The SMILES string of the molecule is CNC(=O)CSC1=CN2C(=NCC2C2C=NNC2)C(=Nc2cc(C)ns2)N1. The molecule has 4 heterocycles. The van der Waals surface area contributed by atoms with E-state index in [1.165, 1.54) is 23.3 Å². The van der Waals surface area contributed by atoms with Gasteiger partial charge in [0.05, 0.1) is 29.1 Å². The molecule has 1 amide bonds. The smallest absolute Gasteiger partial charge is 0.230 e. The summed E-state index contributed by atoms with van der Waals surface area (Å²) in [5, 5.41) is 11.8. The van der Waals surface area contributed by atoms with E-state index in [1.807, 2.05) is 25.4 Å². The standard InChI is InChI=1S/C16H20N8OS2/c1-9-3-13(27-23-9)21-15-16-18-6-11(10-4-19-20-5-10)24(16)7-14(22-15)26-8-12(25)17-2/h3-4,7,10-11,20H,5-6,8H2,1-2H3,(H,17,25)(H,21,22). The third-order valence-electron chi connectivity index (χ3n) is 4.39. The maximum absolute atomic E-state index is 11.6. The highest BCUT2D eigenvalue weighted by molar-refractivity contribution is 8.03. The highest BCUT2D eigenvalue weighted by Crippen LogP contribution is 2.28. The largest absolute Gasteiger partial charge is 0.358 e. The molecule has 2 atom stereocenters. The molecule has 3 aliphatic heterocycles. The number of aliphatic imine (C=N–C) groups is 2. The van der Waals surface area contributed by atoms with E-state index in [0.717, 1.165) is 28.1 Å². The van der Waals surface area contributed by atoms with Crippen LogP contribution in [0.3, 0.4) is 0 Å². The number of nitrogens with one attached hydrogen (secondary N) is 3. The average molecular weight is 405 g/mol. The molecule has 0 saturated heterocycles. The van der Waals surface area contributed by atoms with Gasteiger partial charge in [-0.2, -0.15) is 9.47 Å². The first-order valence-corrected chi connectivity index (χ1v) is 10.3. The number of fused-ring (bicyclic) bond motifs is 1. The van der Waals surface area contributed by atoms with Gasteiger partial charge in [-0.25, -0.2) is 4.99 Å². The van der Waals surface area contributed by atoms with E-state index >= 15 is 0 Å². The van der Waals surface area contributed by atoms with E-state index in [1.54, 1.807) is 7.05 Å². The lowest BCUT2D eigenvalue weighted by molar-refractivity contribution is -0.118. The van der Waals surface area contributed by atoms with E-state index < -0.39 is 0 Å². The van der Waals surface area contributed by atoms with Crippen molar-refractivity contribution in [3.05, 3.63) is 23.0 Å². The number of amidine groups is 2. The number of rotatable bonds is 5. The molecule has 0 saturated carbocycles. The molecule has 3 aliphatic rings. The third kappa shape index (κ3) is 3.83. The lowest BCUT2D eigenvalue weighted by atomic mass is 10.0. The minimum absolute atomic E-state index is 0.0242. The molecule has 4 rings (SSSR count). The van der Waals surface area contributed by atoms with Crippen LogP contribution >= 0.6 is 23.3 Å². The lowest BCUT2D eigenvalue weighted by Crippen LogP contribution is -2.49. The Labute approximate surface area is 165 Å². The van der Waals surface area contributed by atoms with Gasteiger partial charge < -0.3 is 21.0 Å². The van der Waals surface area contributed by atoms with Crippen LogP contribution in [0.25, 0.3) is 0 Å². The van der Waals surface area contributed by atoms with Gasteiger partial charge in [-0.3, -0.25) is 9.79 Å². The van der Waals surface area contributed by atoms with Crippen molar-refractivity contribution >= 4 is 52.1 Å². The molecule has 0 spiro atoms. The number of nitrogens with zero attached hydrogens (tertiary/aromatic N) is 5. The van der Waals surface area contributed by atoms with Gasteiger partial charge in [0.25, 0.3) is 0 Å². The molecule has 0 radical (unpaired) electrons. The van der Waals surface area contributed by atoms with Crippen molar-refractivity contribution in [1.29, 1.82) is 0 Å². The first-order chi connectivity index (χ1) is 13.1. The number of hydrazone groups is 1. The number of carbonyl (C=O) groups is 1. The Hall–Kier alpha value is -2.40. The fourth-order valence-electron chi connectivity index (χ4n) is 3.01. The number of hydrogen-bond donors (Lipinski definition) is 3. The number of amides is 1. The van der Waals surface area contributed by atoms with E-state index in [9.17, 15) is 4.79 Å². The zero-order valence-electron chi connectivity index (χ0n) is 15.0. The van der Waals surface area contributed by atoms with Crippen molar-refractivity contribution in [1.82, 2.24) is 25.3 Å². The number of thioether (sulfide) groups is 1. The molecule has 0 aliphatic carbocycles. The number of aryl methyl sites for hydroxylation is 1. The van der Waals surface area contributed by atoms with Crippen LogP contribution in [0.1, 0.15) is 5.69 Å². The molecule has 9 nitrogen and oxygen atoms in total. The molecule has 142 valence electrons. The third-order valence-corrected chi connectivity index (χ3v) is 6.09.